The van der Waals surface area contributed by atoms with Crippen molar-refractivity contribution in [1.82, 2.24) is 19.3 Å². The van der Waals surface area contributed by atoms with E-state index in [2.05, 4.69) is 17.0 Å². The predicted molar refractivity (Wildman–Crippen MR) is 59.2 cm³/mol. The fraction of sp³-hybridized carbons (Fsp3) is 0.364. The molecule has 0 saturated heterocycles. The zero-order valence-corrected chi connectivity index (χ0v) is 9.42. The van der Waals surface area contributed by atoms with Crippen LogP contribution >= 0.6 is 0 Å². The average Bonchev–Trinajstić information content (AvgIpc) is 2.87. The molecule has 0 aliphatic rings. The molecule has 0 bridgehead atoms. The zero-order chi connectivity index (χ0) is 11.5. The monoisotopic (exact) mass is 218 g/mol. The van der Waals surface area contributed by atoms with E-state index >= 15 is 0 Å². The number of hydrogen-bond donors (Lipinski definition) is 0. The summed E-state index contributed by atoms with van der Waals surface area (Å²) >= 11 is 0. The van der Waals surface area contributed by atoms with Crippen LogP contribution in [0.4, 0.5) is 0 Å². The number of aryl methyl sites for hydroxylation is 2. The summed E-state index contributed by atoms with van der Waals surface area (Å²) < 4.78 is 3.53. The molecule has 16 heavy (non-hydrogen) atoms. The Hall–Kier alpha value is -1.91. The molecular weight excluding hydrogens is 204 g/mol. The molecule has 0 spiro atoms. The Kier molecular flexibility index (Phi) is 2.85. The molecule has 5 heteroatoms. The van der Waals surface area contributed by atoms with Crippen LogP contribution in [0.1, 0.15) is 29.4 Å². The number of rotatable bonds is 4. The normalized spacial score (nSPS) is 10.6. The van der Waals surface area contributed by atoms with Crippen LogP contribution in [-0.2, 0) is 13.6 Å². The van der Waals surface area contributed by atoms with E-state index in [1.165, 1.54) is 0 Å². The standard InChI is InChI=1S/C11H14N4O/c1-3-4-15-6-9(5-13-15)11(16)10-7-14(2)8-12-10/h5-8H,3-4H2,1-2H3. The Morgan fingerprint density at radius 3 is 2.88 bits per heavy atom. The molecule has 84 valence electrons. The zero-order valence-electron chi connectivity index (χ0n) is 9.42. The highest BCUT2D eigenvalue weighted by atomic mass is 16.1. The van der Waals surface area contributed by atoms with Gasteiger partial charge in [-0.2, -0.15) is 5.10 Å². The largest absolute Gasteiger partial charge is 0.340 e. The number of imidazole rings is 1. The summed E-state index contributed by atoms with van der Waals surface area (Å²) in [5.41, 5.74) is 1.05. The number of nitrogens with zero attached hydrogens (tertiary/aromatic N) is 4. The van der Waals surface area contributed by atoms with Crippen molar-refractivity contribution in [3.63, 3.8) is 0 Å². The van der Waals surface area contributed by atoms with Gasteiger partial charge in [0.1, 0.15) is 5.69 Å². The molecule has 0 unspecified atom stereocenters. The van der Waals surface area contributed by atoms with Crippen LogP contribution in [-0.4, -0.2) is 25.1 Å². The highest BCUT2D eigenvalue weighted by Crippen LogP contribution is 2.06. The van der Waals surface area contributed by atoms with Crippen molar-refractivity contribution in [2.75, 3.05) is 0 Å². The van der Waals surface area contributed by atoms with Gasteiger partial charge in [0.25, 0.3) is 0 Å². The van der Waals surface area contributed by atoms with E-state index in [0.29, 0.717) is 11.3 Å². The van der Waals surface area contributed by atoms with E-state index in [1.807, 2.05) is 7.05 Å². The molecule has 0 aromatic carbocycles. The summed E-state index contributed by atoms with van der Waals surface area (Å²) in [7, 11) is 1.84. The molecule has 5 nitrogen and oxygen atoms in total. The van der Waals surface area contributed by atoms with E-state index in [0.717, 1.165) is 13.0 Å². The van der Waals surface area contributed by atoms with Gasteiger partial charge in [0.15, 0.2) is 0 Å². The van der Waals surface area contributed by atoms with E-state index < -0.39 is 0 Å². The highest BCUT2D eigenvalue weighted by molar-refractivity contribution is 6.07. The van der Waals surface area contributed by atoms with Crippen molar-refractivity contribution in [1.29, 1.82) is 0 Å². The van der Waals surface area contributed by atoms with Gasteiger partial charge in [-0.25, -0.2) is 4.98 Å². The highest BCUT2D eigenvalue weighted by Gasteiger charge is 2.13. The van der Waals surface area contributed by atoms with Gasteiger partial charge in [-0.05, 0) is 6.42 Å². The lowest BCUT2D eigenvalue weighted by molar-refractivity contribution is 0.103. The Morgan fingerprint density at radius 1 is 1.44 bits per heavy atom. The van der Waals surface area contributed by atoms with E-state index in [-0.39, 0.29) is 5.78 Å². The van der Waals surface area contributed by atoms with Gasteiger partial charge in [-0.15, -0.1) is 0 Å². The summed E-state index contributed by atoms with van der Waals surface area (Å²) in [5.74, 6) is -0.0806. The summed E-state index contributed by atoms with van der Waals surface area (Å²) in [6, 6.07) is 0. The molecule has 2 aromatic rings. The minimum absolute atomic E-state index is 0.0806. The second-order valence-electron chi connectivity index (χ2n) is 3.75. The van der Waals surface area contributed by atoms with Gasteiger partial charge in [-0.3, -0.25) is 9.48 Å². The maximum Gasteiger partial charge on any atom is 0.216 e. The SMILES string of the molecule is CCCn1cc(C(=O)c2cn(C)cn2)cn1. The smallest absolute Gasteiger partial charge is 0.216 e. The first kappa shape index (κ1) is 10.6. The Morgan fingerprint density at radius 2 is 2.25 bits per heavy atom. The summed E-state index contributed by atoms with van der Waals surface area (Å²) in [5, 5.41) is 4.12. The predicted octanol–water partition coefficient (Wildman–Crippen LogP) is 1.26. The van der Waals surface area contributed by atoms with Crippen molar-refractivity contribution >= 4 is 5.78 Å². The second-order valence-corrected chi connectivity index (χ2v) is 3.75. The third-order valence-electron chi connectivity index (χ3n) is 2.29. The number of ketones is 1. The van der Waals surface area contributed by atoms with Gasteiger partial charge >= 0.3 is 0 Å². The van der Waals surface area contributed by atoms with Crippen LogP contribution in [0.15, 0.2) is 24.9 Å². The summed E-state index contributed by atoms with van der Waals surface area (Å²) in [4.78, 5) is 16.0. The van der Waals surface area contributed by atoms with Gasteiger partial charge in [0, 0.05) is 26.0 Å². The van der Waals surface area contributed by atoms with Crippen LogP contribution in [0.25, 0.3) is 0 Å². The Bertz CT molecular complexity index is 498. The quantitative estimate of drug-likeness (QED) is 0.726. The lowest BCUT2D eigenvalue weighted by atomic mass is 10.2. The van der Waals surface area contributed by atoms with Gasteiger partial charge < -0.3 is 4.57 Å². The lowest BCUT2D eigenvalue weighted by Crippen LogP contribution is -2.01. The molecular formula is C11H14N4O. The minimum atomic E-state index is -0.0806. The number of carbonyl (C=O) groups excluding carboxylic acids is 1. The van der Waals surface area contributed by atoms with Crippen LogP contribution in [0.2, 0.25) is 0 Å². The Balaban J connectivity index is 2.20. The van der Waals surface area contributed by atoms with E-state index in [9.17, 15) is 4.79 Å². The molecule has 0 N–H and O–H groups in total. The van der Waals surface area contributed by atoms with Crippen molar-refractivity contribution < 1.29 is 4.79 Å². The third kappa shape index (κ3) is 2.03. The lowest BCUT2D eigenvalue weighted by Gasteiger charge is -1.94. The van der Waals surface area contributed by atoms with Crippen molar-refractivity contribution in [3.8, 4) is 0 Å². The molecule has 0 fully saturated rings. The van der Waals surface area contributed by atoms with Crippen molar-refractivity contribution in [2.45, 2.75) is 19.9 Å². The summed E-state index contributed by atoms with van der Waals surface area (Å²) in [6.45, 7) is 2.90. The van der Waals surface area contributed by atoms with E-state index in [4.69, 9.17) is 0 Å². The van der Waals surface area contributed by atoms with Gasteiger partial charge in [0.05, 0.1) is 18.1 Å². The average molecular weight is 218 g/mol. The number of hydrogen-bond acceptors (Lipinski definition) is 3. The third-order valence-corrected chi connectivity index (χ3v) is 2.29. The maximum atomic E-state index is 11.9. The molecule has 2 heterocycles. The second kappa shape index (κ2) is 4.30. The maximum absolute atomic E-state index is 11.9. The summed E-state index contributed by atoms with van der Waals surface area (Å²) in [6.07, 6.45) is 7.68. The minimum Gasteiger partial charge on any atom is -0.340 e. The molecule has 2 aromatic heterocycles. The molecule has 0 aliphatic heterocycles. The van der Waals surface area contributed by atoms with Crippen molar-refractivity contribution in [3.05, 3.63) is 36.2 Å². The molecule has 0 aliphatic carbocycles. The van der Waals surface area contributed by atoms with Gasteiger partial charge in [0.2, 0.25) is 5.78 Å². The van der Waals surface area contributed by atoms with Crippen LogP contribution in [0, 0.1) is 0 Å². The molecule has 0 radical (unpaired) electrons. The molecule has 2 rings (SSSR count). The van der Waals surface area contributed by atoms with Crippen LogP contribution < -0.4 is 0 Å². The van der Waals surface area contributed by atoms with E-state index in [1.54, 1.807) is 34.2 Å². The van der Waals surface area contributed by atoms with Crippen LogP contribution in [0.3, 0.4) is 0 Å². The van der Waals surface area contributed by atoms with Gasteiger partial charge in [-0.1, -0.05) is 6.92 Å². The topological polar surface area (TPSA) is 52.7 Å². The fourth-order valence-corrected chi connectivity index (χ4v) is 1.51. The molecule has 0 saturated carbocycles. The number of aromatic nitrogens is 4. The van der Waals surface area contributed by atoms with Crippen LogP contribution in [0.5, 0.6) is 0 Å². The first-order valence-electron chi connectivity index (χ1n) is 5.26. The number of carbonyl (C=O) groups is 1. The first-order chi connectivity index (χ1) is 7.70. The molecule has 0 amide bonds. The first-order valence-corrected chi connectivity index (χ1v) is 5.26. The van der Waals surface area contributed by atoms with Crippen molar-refractivity contribution in [2.24, 2.45) is 7.05 Å². The Labute approximate surface area is 93.7 Å². The molecule has 0 atom stereocenters. The fourth-order valence-electron chi connectivity index (χ4n) is 1.51.